The fourth-order valence-electron chi connectivity index (χ4n) is 1.63. The second-order valence-corrected chi connectivity index (χ2v) is 4.83. The summed E-state index contributed by atoms with van der Waals surface area (Å²) in [7, 11) is 0. The molecule has 0 radical (unpaired) electrons. The van der Waals surface area contributed by atoms with Gasteiger partial charge in [-0.3, -0.25) is 0 Å². The average Bonchev–Trinajstić information content (AvgIpc) is 2.78. The van der Waals surface area contributed by atoms with Gasteiger partial charge in [0, 0.05) is 10.9 Å². The Morgan fingerprint density at radius 3 is 2.94 bits per heavy atom. The molecular formula is C13H15FN2S. The van der Waals surface area contributed by atoms with Crippen molar-refractivity contribution in [2.45, 2.75) is 19.3 Å². The van der Waals surface area contributed by atoms with Gasteiger partial charge in [0.15, 0.2) is 0 Å². The molecule has 0 atom stereocenters. The molecule has 0 saturated heterocycles. The fourth-order valence-corrected chi connectivity index (χ4v) is 2.48. The number of halogens is 1. The summed E-state index contributed by atoms with van der Waals surface area (Å²) in [6.45, 7) is 0.724. The summed E-state index contributed by atoms with van der Waals surface area (Å²) >= 11 is 1.63. The lowest BCUT2D eigenvalue weighted by Crippen LogP contribution is -1.98. The molecule has 90 valence electrons. The number of hydrogen-bond donors (Lipinski definition) is 1. The van der Waals surface area contributed by atoms with Crippen LogP contribution in [0.25, 0.3) is 11.3 Å². The monoisotopic (exact) mass is 250 g/mol. The predicted octanol–water partition coefficient (Wildman–Crippen LogP) is 3.23. The van der Waals surface area contributed by atoms with Crippen LogP contribution in [-0.4, -0.2) is 11.5 Å². The first-order valence-corrected chi connectivity index (χ1v) is 6.58. The highest BCUT2D eigenvalue weighted by molar-refractivity contribution is 7.09. The Labute approximate surface area is 104 Å². The number of thiazole rings is 1. The molecule has 17 heavy (non-hydrogen) atoms. The minimum atomic E-state index is -0.222. The molecule has 0 spiro atoms. The van der Waals surface area contributed by atoms with E-state index in [-0.39, 0.29) is 5.82 Å². The molecule has 1 aromatic heterocycles. The maximum absolute atomic E-state index is 13.1. The van der Waals surface area contributed by atoms with Crippen molar-refractivity contribution in [2.75, 3.05) is 6.54 Å². The Morgan fingerprint density at radius 1 is 1.29 bits per heavy atom. The number of nitrogens with zero attached hydrogens (tertiary/aromatic N) is 1. The third kappa shape index (κ3) is 3.35. The van der Waals surface area contributed by atoms with Crippen LogP contribution in [0.2, 0.25) is 0 Å². The third-order valence-corrected chi connectivity index (χ3v) is 3.43. The van der Waals surface area contributed by atoms with Crippen LogP contribution in [0.4, 0.5) is 4.39 Å². The zero-order valence-electron chi connectivity index (χ0n) is 9.53. The van der Waals surface area contributed by atoms with Crippen molar-refractivity contribution in [3.63, 3.8) is 0 Å². The van der Waals surface area contributed by atoms with Crippen LogP contribution in [-0.2, 0) is 6.42 Å². The highest BCUT2D eigenvalue weighted by atomic mass is 32.1. The normalized spacial score (nSPS) is 10.7. The Kier molecular flexibility index (Phi) is 4.23. The zero-order chi connectivity index (χ0) is 12.1. The molecule has 0 aliphatic carbocycles. The fraction of sp³-hybridized carbons (Fsp3) is 0.308. The van der Waals surface area contributed by atoms with Gasteiger partial charge < -0.3 is 5.73 Å². The number of aromatic nitrogens is 1. The van der Waals surface area contributed by atoms with Crippen molar-refractivity contribution >= 4 is 11.3 Å². The summed E-state index contributed by atoms with van der Waals surface area (Å²) in [5.74, 6) is -0.222. The highest BCUT2D eigenvalue weighted by Crippen LogP contribution is 2.23. The van der Waals surface area contributed by atoms with Crippen molar-refractivity contribution in [1.82, 2.24) is 4.98 Å². The largest absolute Gasteiger partial charge is 0.330 e. The van der Waals surface area contributed by atoms with Crippen LogP contribution in [0.1, 0.15) is 17.8 Å². The highest BCUT2D eigenvalue weighted by Gasteiger charge is 2.05. The van der Waals surface area contributed by atoms with Gasteiger partial charge in [0.1, 0.15) is 5.82 Å². The summed E-state index contributed by atoms with van der Waals surface area (Å²) in [4.78, 5) is 4.50. The Bertz CT molecular complexity index is 482. The maximum Gasteiger partial charge on any atom is 0.123 e. The molecule has 0 fully saturated rings. The zero-order valence-corrected chi connectivity index (χ0v) is 10.3. The maximum atomic E-state index is 13.1. The van der Waals surface area contributed by atoms with E-state index < -0.39 is 0 Å². The molecule has 2 rings (SSSR count). The van der Waals surface area contributed by atoms with E-state index in [2.05, 4.69) is 4.98 Å². The Hall–Kier alpha value is -1.26. The lowest BCUT2D eigenvalue weighted by Gasteiger charge is -1.96. The van der Waals surface area contributed by atoms with Gasteiger partial charge in [-0.15, -0.1) is 11.3 Å². The van der Waals surface area contributed by atoms with Gasteiger partial charge in [-0.2, -0.15) is 0 Å². The van der Waals surface area contributed by atoms with E-state index in [9.17, 15) is 4.39 Å². The smallest absolute Gasteiger partial charge is 0.123 e. The minimum Gasteiger partial charge on any atom is -0.330 e. The van der Waals surface area contributed by atoms with Crippen LogP contribution in [0, 0.1) is 5.82 Å². The lowest BCUT2D eigenvalue weighted by molar-refractivity contribution is 0.628. The lowest BCUT2D eigenvalue weighted by atomic mass is 10.2. The SMILES string of the molecule is NCCCCc1nc(-c2cccc(F)c2)cs1. The molecule has 0 saturated carbocycles. The number of unbranched alkanes of at least 4 members (excludes halogenated alkanes) is 1. The number of rotatable bonds is 5. The number of aryl methyl sites for hydroxylation is 1. The third-order valence-electron chi connectivity index (χ3n) is 2.52. The van der Waals surface area contributed by atoms with Crippen molar-refractivity contribution in [1.29, 1.82) is 0 Å². The van der Waals surface area contributed by atoms with Crippen LogP contribution in [0.5, 0.6) is 0 Å². The molecule has 1 aromatic carbocycles. The summed E-state index contributed by atoms with van der Waals surface area (Å²) in [5, 5.41) is 3.07. The van der Waals surface area contributed by atoms with E-state index in [1.807, 2.05) is 11.4 Å². The first-order valence-electron chi connectivity index (χ1n) is 5.70. The Balaban J connectivity index is 2.07. The van der Waals surface area contributed by atoms with E-state index in [1.165, 1.54) is 12.1 Å². The topological polar surface area (TPSA) is 38.9 Å². The molecule has 4 heteroatoms. The van der Waals surface area contributed by atoms with E-state index in [0.717, 1.165) is 42.1 Å². The first-order chi connectivity index (χ1) is 8.29. The molecule has 0 bridgehead atoms. The van der Waals surface area contributed by atoms with Gasteiger partial charge in [-0.05, 0) is 37.9 Å². The number of nitrogens with two attached hydrogens (primary N) is 1. The summed E-state index contributed by atoms with van der Waals surface area (Å²) in [5.41, 5.74) is 7.14. The molecule has 0 unspecified atom stereocenters. The van der Waals surface area contributed by atoms with E-state index >= 15 is 0 Å². The van der Waals surface area contributed by atoms with Gasteiger partial charge in [-0.25, -0.2) is 9.37 Å². The Morgan fingerprint density at radius 2 is 2.18 bits per heavy atom. The van der Waals surface area contributed by atoms with Crippen LogP contribution in [0.3, 0.4) is 0 Å². The molecule has 0 aliphatic heterocycles. The molecule has 0 aliphatic rings. The van der Waals surface area contributed by atoms with E-state index in [0.29, 0.717) is 0 Å². The van der Waals surface area contributed by atoms with Gasteiger partial charge in [0.2, 0.25) is 0 Å². The van der Waals surface area contributed by atoms with Gasteiger partial charge >= 0.3 is 0 Å². The summed E-state index contributed by atoms with van der Waals surface area (Å²) in [6.07, 6.45) is 3.04. The molecule has 2 N–H and O–H groups in total. The molecular weight excluding hydrogens is 235 g/mol. The second-order valence-electron chi connectivity index (χ2n) is 3.88. The summed E-state index contributed by atoms with van der Waals surface area (Å²) < 4.78 is 13.1. The van der Waals surface area contributed by atoms with Crippen LogP contribution >= 0.6 is 11.3 Å². The van der Waals surface area contributed by atoms with Crippen molar-refractivity contribution in [3.05, 3.63) is 40.5 Å². The van der Waals surface area contributed by atoms with Crippen molar-refractivity contribution in [2.24, 2.45) is 5.73 Å². The first kappa shape index (κ1) is 12.2. The summed E-state index contributed by atoms with van der Waals surface area (Å²) in [6, 6.07) is 6.54. The number of benzene rings is 1. The van der Waals surface area contributed by atoms with Crippen molar-refractivity contribution < 1.29 is 4.39 Å². The van der Waals surface area contributed by atoms with E-state index in [1.54, 1.807) is 17.4 Å². The molecule has 0 amide bonds. The molecule has 2 nitrogen and oxygen atoms in total. The van der Waals surface area contributed by atoms with Gasteiger partial charge in [-0.1, -0.05) is 12.1 Å². The van der Waals surface area contributed by atoms with Crippen LogP contribution in [0.15, 0.2) is 29.6 Å². The second kappa shape index (κ2) is 5.89. The quantitative estimate of drug-likeness (QED) is 0.827. The number of hydrogen-bond acceptors (Lipinski definition) is 3. The average molecular weight is 250 g/mol. The van der Waals surface area contributed by atoms with Gasteiger partial charge in [0.25, 0.3) is 0 Å². The van der Waals surface area contributed by atoms with Gasteiger partial charge in [0.05, 0.1) is 10.7 Å². The van der Waals surface area contributed by atoms with Crippen LogP contribution < -0.4 is 5.73 Å². The molecule has 1 heterocycles. The van der Waals surface area contributed by atoms with E-state index in [4.69, 9.17) is 5.73 Å². The standard InChI is InChI=1S/C13H15FN2S/c14-11-5-3-4-10(8-11)12-9-17-13(16-12)6-1-2-7-15/h3-5,8-9H,1-2,6-7,15H2. The minimum absolute atomic E-state index is 0.222. The molecule has 2 aromatic rings. The predicted molar refractivity (Wildman–Crippen MR) is 69.5 cm³/mol. The van der Waals surface area contributed by atoms with Crippen molar-refractivity contribution in [3.8, 4) is 11.3 Å².